The third-order valence-corrected chi connectivity index (χ3v) is 3.26. The number of hydrogen-bond acceptors (Lipinski definition) is 5. The zero-order valence-electron chi connectivity index (χ0n) is 8.96. The van der Waals surface area contributed by atoms with E-state index in [1.54, 1.807) is 11.9 Å². The Labute approximate surface area is 97.4 Å². The first kappa shape index (κ1) is 11.3. The molecular formula is C9H14N4O2S. The summed E-state index contributed by atoms with van der Waals surface area (Å²) >= 11 is 1.15. The summed E-state index contributed by atoms with van der Waals surface area (Å²) in [5, 5.41) is 16.1. The van der Waals surface area contributed by atoms with E-state index >= 15 is 0 Å². The lowest BCUT2D eigenvalue weighted by Gasteiger charge is -2.34. The monoisotopic (exact) mass is 242 g/mol. The molecule has 1 aliphatic rings. The Balaban J connectivity index is 1.76. The fraction of sp³-hybridized carbons (Fsp3) is 0.667. The third-order valence-electron chi connectivity index (χ3n) is 2.68. The topological polar surface area (TPSA) is 78.4 Å². The van der Waals surface area contributed by atoms with Gasteiger partial charge >= 0.3 is 6.03 Å². The highest BCUT2D eigenvalue weighted by molar-refractivity contribution is 7.10. The summed E-state index contributed by atoms with van der Waals surface area (Å²) in [6, 6.07) is -0.160. The highest BCUT2D eigenvalue weighted by atomic mass is 32.1. The molecule has 0 bridgehead atoms. The zero-order chi connectivity index (χ0) is 11.5. The van der Waals surface area contributed by atoms with Crippen LogP contribution in [0.3, 0.4) is 0 Å². The molecule has 0 aromatic carbocycles. The Morgan fingerprint density at radius 2 is 2.50 bits per heavy atom. The van der Waals surface area contributed by atoms with Crippen LogP contribution in [0.5, 0.6) is 0 Å². The van der Waals surface area contributed by atoms with Crippen LogP contribution in [0.15, 0.2) is 6.20 Å². The van der Waals surface area contributed by atoms with Gasteiger partial charge in [-0.3, -0.25) is 5.32 Å². The molecule has 7 heteroatoms. The number of carbonyl (C=O) groups is 1. The number of aliphatic hydroxyl groups excluding tert-OH is 1. The molecule has 0 atom stereocenters. The maximum Gasteiger partial charge on any atom is 0.322 e. The largest absolute Gasteiger partial charge is 0.393 e. The first-order chi connectivity index (χ1) is 7.65. The van der Waals surface area contributed by atoms with Crippen LogP contribution in [0.2, 0.25) is 0 Å². The zero-order valence-corrected chi connectivity index (χ0v) is 9.78. The summed E-state index contributed by atoms with van der Waals surface area (Å²) in [5.41, 5.74) is 0. The van der Waals surface area contributed by atoms with Gasteiger partial charge in [0.2, 0.25) is 0 Å². The van der Waals surface area contributed by atoms with E-state index in [-0.39, 0.29) is 12.1 Å². The van der Waals surface area contributed by atoms with Crippen molar-refractivity contribution in [3.63, 3.8) is 0 Å². The number of carbonyl (C=O) groups excluding carboxylic acids is 1. The standard InChI is InChI=1S/C9H14N4O2S/c1-13(5-6-2-7(14)3-6)9(15)11-8-4-10-12-16-8/h4,6-7,14H,2-3,5H2,1H3,(H,11,15). The van der Waals surface area contributed by atoms with Gasteiger partial charge in [0.1, 0.15) is 5.00 Å². The van der Waals surface area contributed by atoms with Crippen molar-refractivity contribution in [2.45, 2.75) is 18.9 Å². The molecular weight excluding hydrogens is 228 g/mol. The minimum absolute atomic E-state index is 0.160. The van der Waals surface area contributed by atoms with Crippen LogP contribution in [-0.2, 0) is 0 Å². The fourth-order valence-corrected chi connectivity index (χ4v) is 2.15. The van der Waals surface area contributed by atoms with Gasteiger partial charge < -0.3 is 10.0 Å². The van der Waals surface area contributed by atoms with E-state index in [1.807, 2.05) is 0 Å². The third kappa shape index (κ3) is 2.67. The van der Waals surface area contributed by atoms with Gasteiger partial charge in [0.05, 0.1) is 12.3 Å². The van der Waals surface area contributed by atoms with Crippen LogP contribution in [0.25, 0.3) is 0 Å². The second-order valence-electron chi connectivity index (χ2n) is 4.08. The lowest BCUT2D eigenvalue weighted by molar-refractivity contribution is 0.0332. The second kappa shape index (κ2) is 4.75. The van der Waals surface area contributed by atoms with E-state index in [4.69, 9.17) is 5.11 Å². The average Bonchev–Trinajstić information content (AvgIpc) is 2.68. The first-order valence-electron chi connectivity index (χ1n) is 5.12. The highest BCUT2D eigenvalue weighted by Crippen LogP contribution is 2.27. The molecule has 0 aliphatic heterocycles. The minimum Gasteiger partial charge on any atom is -0.393 e. The van der Waals surface area contributed by atoms with Gasteiger partial charge in [0, 0.05) is 25.1 Å². The summed E-state index contributed by atoms with van der Waals surface area (Å²) < 4.78 is 3.66. The molecule has 0 radical (unpaired) electrons. The number of aromatic nitrogens is 2. The number of urea groups is 1. The van der Waals surface area contributed by atoms with Crippen molar-refractivity contribution in [1.82, 2.24) is 14.5 Å². The number of nitrogens with zero attached hydrogens (tertiary/aromatic N) is 3. The Morgan fingerprint density at radius 3 is 3.06 bits per heavy atom. The Morgan fingerprint density at radius 1 is 1.75 bits per heavy atom. The molecule has 2 N–H and O–H groups in total. The van der Waals surface area contributed by atoms with Gasteiger partial charge in [-0.1, -0.05) is 4.49 Å². The first-order valence-corrected chi connectivity index (χ1v) is 5.90. The van der Waals surface area contributed by atoms with E-state index in [0.717, 1.165) is 24.4 Å². The number of anilines is 1. The van der Waals surface area contributed by atoms with E-state index in [0.29, 0.717) is 17.5 Å². The lowest BCUT2D eigenvalue weighted by Crippen LogP contribution is -2.41. The summed E-state index contributed by atoms with van der Waals surface area (Å²) in [4.78, 5) is 13.3. The average molecular weight is 242 g/mol. The van der Waals surface area contributed by atoms with E-state index in [2.05, 4.69) is 14.9 Å². The van der Waals surface area contributed by atoms with Crippen molar-refractivity contribution in [3.8, 4) is 0 Å². The summed E-state index contributed by atoms with van der Waals surface area (Å²) in [5.74, 6) is 0.422. The predicted molar refractivity (Wildman–Crippen MR) is 60.3 cm³/mol. The molecule has 1 fully saturated rings. The highest BCUT2D eigenvalue weighted by Gasteiger charge is 2.29. The summed E-state index contributed by atoms with van der Waals surface area (Å²) in [7, 11) is 1.74. The summed E-state index contributed by atoms with van der Waals surface area (Å²) in [6.07, 6.45) is 2.93. The molecule has 0 unspecified atom stereocenters. The number of aliphatic hydroxyl groups is 1. The van der Waals surface area contributed by atoms with Crippen LogP contribution in [0.1, 0.15) is 12.8 Å². The number of rotatable bonds is 3. The van der Waals surface area contributed by atoms with Gasteiger partial charge in [0.25, 0.3) is 0 Å². The van der Waals surface area contributed by atoms with Crippen LogP contribution in [0.4, 0.5) is 9.80 Å². The lowest BCUT2D eigenvalue weighted by atomic mass is 9.82. The van der Waals surface area contributed by atoms with Crippen molar-refractivity contribution >= 4 is 22.6 Å². The van der Waals surface area contributed by atoms with Gasteiger partial charge in [-0.25, -0.2) is 4.79 Å². The van der Waals surface area contributed by atoms with E-state index < -0.39 is 0 Å². The predicted octanol–water partition coefficient (Wildman–Crippen LogP) is 0.773. The second-order valence-corrected chi connectivity index (χ2v) is 4.87. The molecule has 1 saturated carbocycles. The van der Waals surface area contributed by atoms with E-state index in [1.165, 1.54) is 6.20 Å². The van der Waals surface area contributed by atoms with Crippen LogP contribution in [0, 0.1) is 5.92 Å². The van der Waals surface area contributed by atoms with Crippen LogP contribution >= 0.6 is 11.5 Å². The molecule has 1 aromatic rings. The Bertz CT molecular complexity index is 350. The van der Waals surface area contributed by atoms with Gasteiger partial charge in [0.15, 0.2) is 0 Å². The molecule has 16 heavy (non-hydrogen) atoms. The Kier molecular flexibility index (Phi) is 3.35. The van der Waals surface area contributed by atoms with Gasteiger partial charge in [-0.05, 0) is 18.8 Å². The number of amides is 2. The molecule has 88 valence electrons. The molecule has 2 amide bonds. The minimum atomic E-state index is -0.174. The van der Waals surface area contributed by atoms with Crippen LogP contribution in [-0.4, -0.2) is 45.3 Å². The van der Waals surface area contributed by atoms with Crippen molar-refractivity contribution < 1.29 is 9.90 Å². The molecule has 2 rings (SSSR count). The normalized spacial score (nSPS) is 23.6. The van der Waals surface area contributed by atoms with E-state index in [9.17, 15) is 4.79 Å². The van der Waals surface area contributed by atoms with Crippen molar-refractivity contribution in [2.24, 2.45) is 5.92 Å². The van der Waals surface area contributed by atoms with Crippen molar-refractivity contribution in [1.29, 1.82) is 0 Å². The Hall–Kier alpha value is -1.21. The van der Waals surface area contributed by atoms with Crippen molar-refractivity contribution in [2.75, 3.05) is 18.9 Å². The molecule has 6 nitrogen and oxygen atoms in total. The molecule has 1 aliphatic carbocycles. The maximum atomic E-state index is 11.7. The fourth-order valence-electron chi connectivity index (χ4n) is 1.74. The molecule has 1 heterocycles. The smallest absolute Gasteiger partial charge is 0.322 e. The molecule has 1 aromatic heterocycles. The van der Waals surface area contributed by atoms with Crippen molar-refractivity contribution in [3.05, 3.63) is 6.20 Å². The number of nitrogens with one attached hydrogen (secondary N) is 1. The number of hydrogen-bond donors (Lipinski definition) is 2. The molecule has 0 spiro atoms. The van der Waals surface area contributed by atoms with Gasteiger partial charge in [-0.2, -0.15) is 0 Å². The quantitative estimate of drug-likeness (QED) is 0.820. The molecule has 0 saturated heterocycles. The summed E-state index contributed by atoms with van der Waals surface area (Å²) in [6.45, 7) is 0.676. The maximum absolute atomic E-state index is 11.7. The van der Waals surface area contributed by atoms with Gasteiger partial charge in [-0.15, -0.1) is 5.10 Å². The SMILES string of the molecule is CN(CC1CC(O)C1)C(=O)Nc1cnns1. The van der Waals surface area contributed by atoms with Crippen LogP contribution < -0.4 is 5.32 Å².